The smallest absolute Gasteiger partial charge is 0.177 e. The highest BCUT2D eigenvalue weighted by Gasteiger charge is 2.26. The summed E-state index contributed by atoms with van der Waals surface area (Å²) in [6.45, 7) is 1.73. The van der Waals surface area contributed by atoms with Crippen LogP contribution in [-0.4, -0.2) is 33.6 Å². The maximum Gasteiger partial charge on any atom is 0.177 e. The number of nitrogens with zero attached hydrogens (tertiary/aromatic N) is 2. The van der Waals surface area contributed by atoms with Gasteiger partial charge in [-0.3, -0.25) is 10.3 Å². The van der Waals surface area contributed by atoms with Crippen LogP contribution in [-0.2, 0) is 4.84 Å². The molecule has 6 heteroatoms. The fraction of sp³-hybridized carbons (Fsp3) is 0.600. The van der Waals surface area contributed by atoms with Crippen molar-refractivity contribution in [2.45, 2.75) is 50.8 Å². The van der Waals surface area contributed by atoms with Crippen molar-refractivity contribution in [2.24, 2.45) is 5.16 Å². The maximum atomic E-state index is 10.3. The maximum absolute atomic E-state index is 10.3. The highest BCUT2D eigenvalue weighted by molar-refractivity contribution is 6.69. The largest absolute Gasteiger partial charge is 0.390 e. The van der Waals surface area contributed by atoms with Gasteiger partial charge in [-0.2, -0.15) is 0 Å². The quantitative estimate of drug-likeness (QED) is 0.481. The molecule has 0 saturated heterocycles. The summed E-state index contributed by atoms with van der Waals surface area (Å²) in [6.07, 6.45) is 9.15. The zero-order chi connectivity index (χ0) is 15.1. The minimum Gasteiger partial charge on any atom is -0.390 e. The molecule has 0 bridgehead atoms. The average molecular weight is 312 g/mol. The zero-order valence-electron chi connectivity index (χ0n) is 12.3. The number of pyridine rings is 1. The van der Waals surface area contributed by atoms with Crippen molar-refractivity contribution in [1.29, 1.82) is 0 Å². The Kier molecular flexibility index (Phi) is 5.96. The first-order valence-electron chi connectivity index (χ1n) is 7.33. The molecule has 1 aromatic rings. The lowest BCUT2D eigenvalue weighted by Gasteiger charge is -2.31. The molecule has 1 aromatic heterocycles. The first-order valence-corrected chi connectivity index (χ1v) is 7.70. The molecule has 1 aliphatic carbocycles. The van der Waals surface area contributed by atoms with Gasteiger partial charge in [-0.05, 0) is 31.9 Å². The number of nitrogens with one attached hydrogen (secondary N) is 1. The van der Waals surface area contributed by atoms with Crippen molar-refractivity contribution in [3.05, 3.63) is 30.1 Å². The van der Waals surface area contributed by atoms with Gasteiger partial charge in [0.15, 0.2) is 11.8 Å². The van der Waals surface area contributed by atoms with Gasteiger partial charge in [-0.25, -0.2) is 0 Å². The fourth-order valence-corrected chi connectivity index (χ4v) is 2.64. The summed E-state index contributed by atoms with van der Waals surface area (Å²) in [7, 11) is 0. The molecule has 21 heavy (non-hydrogen) atoms. The first kappa shape index (κ1) is 16.2. The average Bonchev–Trinajstić information content (AvgIpc) is 2.48. The predicted octanol–water partition coefficient (Wildman–Crippen LogP) is 2.63. The lowest BCUT2D eigenvalue weighted by atomic mass is 9.94. The standard InChI is InChI=1S/C15H22ClN3O2/c1-15(20,18-13-7-3-2-4-8-13)11-21-19-14(16)12-6-5-9-17-10-12/h5-6,9-10,13,18,20H,2-4,7-8,11H2,1H3/b19-14-. The van der Waals surface area contributed by atoms with Crippen molar-refractivity contribution >= 4 is 16.8 Å². The molecule has 0 amide bonds. The van der Waals surface area contributed by atoms with Crippen LogP contribution >= 0.6 is 11.6 Å². The Morgan fingerprint density at radius 2 is 2.29 bits per heavy atom. The van der Waals surface area contributed by atoms with E-state index in [9.17, 15) is 5.11 Å². The first-order chi connectivity index (χ1) is 10.1. The van der Waals surface area contributed by atoms with Crippen molar-refractivity contribution in [1.82, 2.24) is 10.3 Å². The van der Waals surface area contributed by atoms with Crippen molar-refractivity contribution in [3.63, 3.8) is 0 Å². The molecule has 1 atom stereocenters. The molecular weight excluding hydrogens is 290 g/mol. The molecule has 0 aliphatic heterocycles. The van der Waals surface area contributed by atoms with Gasteiger partial charge in [0.2, 0.25) is 0 Å². The summed E-state index contributed by atoms with van der Waals surface area (Å²) in [4.78, 5) is 9.13. The van der Waals surface area contributed by atoms with Crippen LogP contribution in [0.2, 0.25) is 0 Å². The number of hydrogen-bond acceptors (Lipinski definition) is 5. The van der Waals surface area contributed by atoms with Crippen molar-refractivity contribution in [2.75, 3.05) is 6.61 Å². The number of aliphatic hydroxyl groups is 1. The Morgan fingerprint density at radius 1 is 1.52 bits per heavy atom. The van der Waals surface area contributed by atoms with E-state index in [2.05, 4.69) is 15.5 Å². The van der Waals surface area contributed by atoms with Crippen molar-refractivity contribution < 1.29 is 9.94 Å². The van der Waals surface area contributed by atoms with Crippen LogP contribution < -0.4 is 5.32 Å². The van der Waals surface area contributed by atoms with Crippen LogP contribution in [0.1, 0.15) is 44.6 Å². The van der Waals surface area contributed by atoms with Gasteiger partial charge in [0.1, 0.15) is 5.72 Å². The van der Waals surface area contributed by atoms with E-state index < -0.39 is 5.72 Å². The van der Waals surface area contributed by atoms with Crippen LogP contribution in [0.5, 0.6) is 0 Å². The monoisotopic (exact) mass is 311 g/mol. The van der Waals surface area contributed by atoms with Gasteiger partial charge in [0.25, 0.3) is 0 Å². The topological polar surface area (TPSA) is 66.7 Å². The van der Waals surface area contributed by atoms with Crippen LogP contribution in [0.3, 0.4) is 0 Å². The number of hydrogen-bond donors (Lipinski definition) is 2. The van der Waals surface area contributed by atoms with Crippen LogP contribution in [0.15, 0.2) is 29.7 Å². The summed E-state index contributed by atoms with van der Waals surface area (Å²) < 4.78 is 0. The lowest BCUT2D eigenvalue weighted by Crippen LogP contribution is -2.51. The van der Waals surface area contributed by atoms with Crippen molar-refractivity contribution in [3.8, 4) is 0 Å². The Balaban J connectivity index is 1.80. The van der Waals surface area contributed by atoms with E-state index >= 15 is 0 Å². The molecule has 2 N–H and O–H groups in total. The second-order valence-corrected chi connectivity index (χ2v) is 6.01. The molecule has 5 nitrogen and oxygen atoms in total. The van der Waals surface area contributed by atoms with E-state index in [4.69, 9.17) is 16.4 Å². The summed E-state index contributed by atoms with van der Waals surface area (Å²) in [5, 5.41) is 17.5. The molecule has 0 spiro atoms. The minimum absolute atomic E-state index is 0.0416. The second-order valence-electron chi connectivity index (χ2n) is 5.65. The molecule has 1 saturated carbocycles. The van der Waals surface area contributed by atoms with Crippen LogP contribution in [0, 0.1) is 0 Å². The number of halogens is 1. The van der Waals surface area contributed by atoms with E-state index in [-0.39, 0.29) is 11.8 Å². The highest BCUT2D eigenvalue weighted by Crippen LogP contribution is 2.19. The van der Waals surface area contributed by atoms with E-state index in [1.54, 1.807) is 31.5 Å². The van der Waals surface area contributed by atoms with E-state index in [1.807, 2.05) is 0 Å². The lowest BCUT2D eigenvalue weighted by molar-refractivity contribution is -0.0645. The Bertz CT molecular complexity index is 459. The van der Waals surface area contributed by atoms with Gasteiger partial charge in [-0.15, -0.1) is 0 Å². The van der Waals surface area contributed by atoms with Crippen LogP contribution in [0.25, 0.3) is 0 Å². The van der Waals surface area contributed by atoms with E-state index in [0.717, 1.165) is 12.8 Å². The minimum atomic E-state index is -1.11. The predicted molar refractivity (Wildman–Crippen MR) is 83.2 cm³/mol. The SMILES string of the molecule is CC(O)(CO/N=C(\Cl)c1cccnc1)NC1CCCCC1. The number of rotatable bonds is 6. The second kappa shape index (κ2) is 7.73. The summed E-state index contributed by atoms with van der Waals surface area (Å²) in [5.41, 5.74) is -0.434. The van der Waals surface area contributed by atoms with Crippen LogP contribution in [0.4, 0.5) is 0 Å². The molecule has 0 radical (unpaired) electrons. The van der Waals surface area contributed by atoms with E-state index in [0.29, 0.717) is 11.6 Å². The summed E-state index contributed by atoms with van der Waals surface area (Å²) in [6, 6.07) is 3.91. The third-order valence-corrected chi connectivity index (χ3v) is 3.80. The molecule has 1 heterocycles. The molecule has 1 fully saturated rings. The normalized spacial score (nSPS) is 20.0. The summed E-state index contributed by atoms with van der Waals surface area (Å²) >= 11 is 6.01. The highest BCUT2D eigenvalue weighted by atomic mass is 35.5. The van der Waals surface area contributed by atoms with Gasteiger partial charge < -0.3 is 9.94 Å². The molecule has 116 valence electrons. The fourth-order valence-electron chi connectivity index (χ4n) is 2.48. The molecule has 0 aromatic carbocycles. The van der Waals surface area contributed by atoms with Gasteiger partial charge in [-0.1, -0.05) is 36.0 Å². The Morgan fingerprint density at radius 3 is 2.95 bits per heavy atom. The Hall–Kier alpha value is -1.17. The van der Waals surface area contributed by atoms with E-state index in [1.165, 1.54) is 19.3 Å². The third kappa shape index (κ3) is 5.61. The molecular formula is C15H22ClN3O2. The van der Waals surface area contributed by atoms with Gasteiger partial charge in [0, 0.05) is 24.0 Å². The molecule has 2 rings (SSSR count). The zero-order valence-corrected chi connectivity index (χ0v) is 13.0. The van der Waals surface area contributed by atoms with Gasteiger partial charge >= 0.3 is 0 Å². The Labute approximate surface area is 130 Å². The summed E-state index contributed by atoms with van der Waals surface area (Å²) in [5.74, 6) is 0. The van der Waals surface area contributed by atoms with Gasteiger partial charge in [0.05, 0.1) is 0 Å². The molecule has 1 aliphatic rings. The molecule has 1 unspecified atom stereocenters. The third-order valence-electron chi connectivity index (χ3n) is 3.51. The number of oxime groups is 1. The number of aromatic nitrogens is 1.